The standard InChI is InChI=1S/C15H17FO3/c16-15(8-11-6-12(15)7-13(11)17)14(18)19-9-10-4-2-1-3-5-10/h1-5,11-13,17H,6-9H2/t11-,12-,13+,15-/m0/s1. The first-order valence-electron chi connectivity index (χ1n) is 6.68. The highest BCUT2D eigenvalue weighted by molar-refractivity contribution is 5.80. The summed E-state index contributed by atoms with van der Waals surface area (Å²) >= 11 is 0. The van der Waals surface area contributed by atoms with Crippen LogP contribution in [0.3, 0.4) is 0 Å². The Morgan fingerprint density at radius 2 is 2.11 bits per heavy atom. The number of carbonyl (C=O) groups excluding carboxylic acids is 1. The van der Waals surface area contributed by atoms with Crippen LogP contribution in [0, 0.1) is 11.8 Å². The highest BCUT2D eigenvalue weighted by Crippen LogP contribution is 2.53. The number of hydrogen-bond acceptors (Lipinski definition) is 3. The topological polar surface area (TPSA) is 46.5 Å². The predicted molar refractivity (Wildman–Crippen MR) is 66.9 cm³/mol. The lowest BCUT2D eigenvalue weighted by atomic mass is 9.84. The summed E-state index contributed by atoms with van der Waals surface area (Å²) in [5.74, 6) is -1.23. The molecular weight excluding hydrogens is 247 g/mol. The van der Waals surface area contributed by atoms with Gasteiger partial charge in [-0.3, -0.25) is 0 Å². The van der Waals surface area contributed by atoms with Crippen LogP contribution in [0.5, 0.6) is 0 Å². The van der Waals surface area contributed by atoms with E-state index >= 15 is 0 Å². The van der Waals surface area contributed by atoms with Crippen LogP contribution >= 0.6 is 0 Å². The van der Waals surface area contributed by atoms with E-state index in [9.17, 15) is 14.3 Å². The van der Waals surface area contributed by atoms with Gasteiger partial charge in [0.15, 0.2) is 0 Å². The summed E-state index contributed by atoms with van der Waals surface area (Å²) in [6.07, 6.45) is 0.627. The molecule has 2 bridgehead atoms. The molecule has 3 nitrogen and oxygen atoms in total. The smallest absolute Gasteiger partial charge is 0.344 e. The van der Waals surface area contributed by atoms with Crippen molar-refractivity contribution in [1.29, 1.82) is 0 Å². The highest BCUT2D eigenvalue weighted by Gasteiger charge is 2.60. The Hall–Kier alpha value is -1.42. The molecule has 19 heavy (non-hydrogen) atoms. The van der Waals surface area contributed by atoms with Crippen LogP contribution < -0.4 is 0 Å². The fourth-order valence-electron chi connectivity index (χ4n) is 3.34. The normalized spacial score (nSPS) is 36.4. The Morgan fingerprint density at radius 3 is 2.68 bits per heavy atom. The minimum Gasteiger partial charge on any atom is -0.458 e. The average Bonchev–Trinajstić information content (AvgIpc) is 2.94. The summed E-state index contributed by atoms with van der Waals surface area (Å²) in [5.41, 5.74) is -1.04. The molecule has 0 aromatic heterocycles. The first-order valence-corrected chi connectivity index (χ1v) is 6.68. The summed E-state index contributed by atoms with van der Waals surface area (Å²) in [4.78, 5) is 12.0. The van der Waals surface area contributed by atoms with Crippen molar-refractivity contribution in [3.63, 3.8) is 0 Å². The molecule has 102 valence electrons. The van der Waals surface area contributed by atoms with E-state index in [1.807, 2.05) is 30.3 Å². The van der Waals surface area contributed by atoms with Gasteiger partial charge in [-0.1, -0.05) is 30.3 Å². The summed E-state index contributed by atoms with van der Waals surface area (Å²) < 4.78 is 19.8. The molecule has 1 aromatic rings. The van der Waals surface area contributed by atoms with Crippen LogP contribution in [0.25, 0.3) is 0 Å². The number of fused-ring (bicyclic) bond motifs is 2. The van der Waals surface area contributed by atoms with E-state index in [0.717, 1.165) is 5.56 Å². The maximum Gasteiger partial charge on any atom is 0.344 e. The molecule has 0 spiro atoms. The van der Waals surface area contributed by atoms with Crippen LogP contribution in [0.2, 0.25) is 0 Å². The lowest BCUT2D eigenvalue weighted by Gasteiger charge is -2.29. The lowest BCUT2D eigenvalue weighted by molar-refractivity contribution is -0.164. The minimum atomic E-state index is -1.89. The van der Waals surface area contributed by atoms with Crippen LogP contribution in [0.4, 0.5) is 4.39 Å². The van der Waals surface area contributed by atoms with Crippen LogP contribution in [-0.2, 0) is 16.1 Å². The van der Waals surface area contributed by atoms with Gasteiger partial charge in [-0.15, -0.1) is 0 Å². The molecule has 2 saturated carbocycles. The van der Waals surface area contributed by atoms with Gasteiger partial charge in [-0.25, -0.2) is 9.18 Å². The van der Waals surface area contributed by atoms with Crippen molar-refractivity contribution >= 4 is 5.97 Å². The largest absolute Gasteiger partial charge is 0.458 e. The van der Waals surface area contributed by atoms with E-state index in [-0.39, 0.29) is 24.9 Å². The molecule has 4 atom stereocenters. The third-order valence-corrected chi connectivity index (χ3v) is 4.42. The fraction of sp³-hybridized carbons (Fsp3) is 0.533. The second-order valence-corrected chi connectivity index (χ2v) is 5.62. The zero-order chi connectivity index (χ0) is 13.5. The maximum atomic E-state index is 14.7. The van der Waals surface area contributed by atoms with E-state index in [1.165, 1.54) is 0 Å². The van der Waals surface area contributed by atoms with Crippen molar-refractivity contribution in [2.75, 3.05) is 0 Å². The van der Waals surface area contributed by atoms with Crippen LogP contribution in [0.1, 0.15) is 24.8 Å². The number of esters is 1. The number of hydrogen-bond donors (Lipinski definition) is 1. The number of alkyl halides is 1. The van der Waals surface area contributed by atoms with Crippen molar-refractivity contribution in [2.45, 2.75) is 37.6 Å². The average molecular weight is 264 g/mol. The van der Waals surface area contributed by atoms with Gasteiger partial charge < -0.3 is 9.84 Å². The van der Waals surface area contributed by atoms with Gasteiger partial charge in [0.05, 0.1) is 6.10 Å². The van der Waals surface area contributed by atoms with Gasteiger partial charge in [-0.2, -0.15) is 0 Å². The molecule has 0 radical (unpaired) electrons. The Morgan fingerprint density at radius 1 is 1.37 bits per heavy atom. The van der Waals surface area contributed by atoms with Crippen LogP contribution in [0.15, 0.2) is 30.3 Å². The van der Waals surface area contributed by atoms with Gasteiger partial charge >= 0.3 is 5.97 Å². The van der Waals surface area contributed by atoms with E-state index in [1.54, 1.807) is 0 Å². The second-order valence-electron chi connectivity index (χ2n) is 5.62. The van der Waals surface area contributed by atoms with E-state index in [0.29, 0.717) is 12.8 Å². The second kappa shape index (κ2) is 4.60. The molecule has 4 heteroatoms. The number of rotatable bonds is 3. The Kier molecular flexibility index (Phi) is 3.05. The SMILES string of the molecule is O=C(OCc1ccccc1)[C@]1(F)C[C@@H]2C[C@H]1C[C@H]2O. The fourth-order valence-corrected chi connectivity index (χ4v) is 3.34. The van der Waals surface area contributed by atoms with Crippen LogP contribution in [-0.4, -0.2) is 22.8 Å². The number of benzene rings is 1. The molecule has 1 N–H and O–H groups in total. The number of aliphatic hydroxyl groups excluding tert-OH is 1. The minimum absolute atomic E-state index is 0.0840. The first-order chi connectivity index (χ1) is 9.09. The quantitative estimate of drug-likeness (QED) is 0.852. The number of aliphatic hydroxyl groups is 1. The molecule has 3 rings (SSSR count). The molecular formula is C15H17FO3. The van der Waals surface area contributed by atoms with E-state index in [4.69, 9.17) is 4.74 Å². The van der Waals surface area contributed by atoms with Gasteiger partial charge in [-0.05, 0) is 30.7 Å². The van der Waals surface area contributed by atoms with Crippen molar-refractivity contribution < 1.29 is 19.0 Å². The molecule has 0 aliphatic heterocycles. The molecule has 2 aliphatic carbocycles. The molecule has 2 fully saturated rings. The zero-order valence-corrected chi connectivity index (χ0v) is 10.6. The lowest BCUT2D eigenvalue weighted by Crippen LogP contribution is -2.43. The first kappa shape index (κ1) is 12.6. The Labute approximate surface area is 111 Å². The van der Waals surface area contributed by atoms with Crippen molar-refractivity contribution in [2.24, 2.45) is 11.8 Å². The van der Waals surface area contributed by atoms with Crippen molar-refractivity contribution in [3.8, 4) is 0 Å². The highest BCUT2D eigenvalue weighted by atomic mass is 19.1. The summed E-state index contributed by atoms with van der Waals surface area (Å²) in [6.45, 7) is 0.102. The van der Waals surface area contributed by atoms with Gasteiger partial charge in [0.1, 0.15) is 6.61 Å². The van der Waals surface area contributed by atoms with E-state index in [2.05, 4.69) is 0 Å². The Bertz CT molecular complexity index is 474. The van der Waals surface area contributed by atoms with Gasteiger partial charge in [0.2, 0.25) is 5.67 Å². The summed E-state index contributed by atoms with van der Waals surface area (Å²) in [5, 5.41) is 9.62. The third kappa shape index (κ3) is 2.14. The molecule has 0 heterocycles. The van der Waals surface area contributed by atoms with Crippen molar-refractivity contribution in [3.05, 3.63) is 35.9 Å². The number of carbonyl (C=O) groups is 1. The maximum absolute atomic E-state index is 14.7. The summed E-state index contributed by atoms with van der Waals surface area (Å²) in [6, 6.07) is 9.25. The monoisotopic (exact) mass is 264 g/mol. The summed E-state index contributed by atoms with van der Waals surface area (Å²) in [7, 11) is 0. The third-order valence-electron chi connectivity index (χ3n) is 4.42. The number of halogens is 1. The zero-order valence-electron chi connectivity index (χ0n) is 10.6. The molecule has 1 aromatic carbocycles. The molecule has 2 aliphatic rings. The van der Waals surface area contributed by atoms with Gasteiger partial charge in [0.25, 0.3) is 0 Å². The molecule has 0 unspecified atom stereocenters. The van der Waals surface area contributed by atoms with Gasteiger partial charge in [0, 0.05) is 5.92 Å². The Balaban J connectivity index is 1.62. The molecule has 0 saturated heterocycles. The molecule has 0 amide bonds. The number of ether oxygens (including phenoxy) is 1. The van der Waals surface area contributed by atoms with E-state index < -0.39 is 17.7 Å². The van der Waals surface area contributed by atoms with Crippen molar-refractivity contribution in [1.82, 2.24) is 0 Å². The predicted octanol–water partition coefficient (Wildman–Crippen LogP) is 2.23.